The molecule has 0 N–H and O–H groups in total. The van der Waals surface area contributed by atoms with E-state index in [2.05, 4.69) is 30.4 Å². The summed E-state index contributed by atoms with van der Waals surface area (Å²) in [7, 11) is 0. The minimum absolute atomic E-state index is 1.17. The van der Waals surface area contributed by atoms with Gasteiger partial charge in [-0.3, -0.25) is 0 Å². The monoisotopic (exact) mass is 233 g/mol. The molecule has 0 spiro atoms. The predicted molar refractivity (Wildman–Crippen MR) is 47.2 cm³/mol. The zero-order valence-corrected chi connectivity index (χ0v) is 9.47. The third-order valence-electron chi connectivity index (χ3n) is 2.29. The summed E-state index contributed by atoms with van der Waals surface area (Å²) in [5.41, 5.74) is 3.14. The van der Waals surface area contributed by atoms with E-state index >= 15 is 0 Å². The Balaban J connectivity index is 2.03. The standard InChI is InChI=1S/C11H11.Zr/c1-2-6-10(5-1)9-11-7-3-4-8-11;/h1-3,5,7H,4,6,9H2;. The van der Waals surface area contributed by atoms with Gasteiger partial charge in [-0.05, 0) is 0 Å². The van der Waals surface area contributed by atoms with Crippen molar-refractivity contribution in [2.24, 2.45) is 0 Å². The molecule has 0 aliphatic heterocycles. The van der Waals surface area contributed by atoms with Crippen LogP contribution in [0.15, 0.2) is 44.8 Å². The van der Waals surface area contributed by atoms with Gasteiger partial charge in [0.15, 0.2) is 0 Å². The second kappa shape index (κ2) is 3.70. The van der Waals surface area contributed by atoms with Crippen LogP contribution in [0.5, 0.6) is 0 Å². The second-order valence-electron chi connectivity index (χ2n) is 3.24. The first-order valence-electron chi connectivity index (χ1n) is 4.31. The van der Waals surface area contributed by atoms with E-state index in [1.807, 2.05) is 0 Å². The second-order valence-corrected chi connectivity index (χ2v) is 4.73. The molecule has 1 heteroatoms. The molecule has 0 aromatic carbocycles. The van der Waals surface area contributed by atoms with E-state index in [1.54, 1.807) is 39.1 Å². The van der Waals surface area contributed by atoms with E-state index in [4.69, 9.17) is 0 Å². The molecule has 0 nitrogen and oxygen atoms in total. The quantitative estimate of drug-likeness (QED) is 0.689. The molecule has 2 aliphatic rings. The molecule has 0 bridgehead atoms. The van der Waals surface area contributed by atoms with Crippen LogP contribution in [-0.4, -0.2) is 0 Å². The van der Waals surface area contributed by atoms with Gasteiger partial charge in [0.05, 0.1) is 0 Å². The van der Waals surface area contributed by atoms with Crippen molar-refractivity contribution in [3.63, 3.8) is 0 Å². The van der Waals surface area contributed by atoms with Crippen LogP contribution < -0.4 is 0 Å². The van der Waals surface area contributed by atoms with Crippen molar-refractivity contribution >= 4 is 0 Å². The van der Waals surface area contributed by atoms with E-state index in [-0.39, 0.29) is 0 Å². The Morgan fingerprint density at radius 2 is 2.17 bits per heavy atom. The van der Waals surface area contributed by atoms with Crippen molar-refractivity contribution in [1.29, 1.82) is 0 Å². The normalized spacial score (nSPS) is 20.8. The van der Waals surface area contributed by atoms with Gasteiger partial charge in [0.2, 0.25) is 0 Å². The Morgan fingerprint density at radius 3 is 2.75 bits per heavy atom. The molecule has 12 heavy (non-hydrogen) atoms. The summed E-state index contributed by atoms with van der Waals surface area (Å²) in [6.07, 6.45) is 14.8. The van der Waals surface area contributed by atoms with Crippen molar-refractivity contribution in [2.75, 3.05) is 0 Å². The van der Waals surface area contributed by atoms with Crippen LogP contribution in [0.1, 0.15) is 19.3 Å². The van der Waals surface area contributed by atoms with E-state index in [0.717, 1.165) is 0 Å². The number of rotatable bonds is 2. The van der Waals surface area contributed by atoms with Crippen LogP contribution >= 0.6 is 0 Å². The molecule has 2 aliphatic carbocycles. The van der Waals surface area contributed by atoms with Gasteiger partial charge in [-0.2, -0.15) is 0 Å². The average Bonchev–Trinajstić information content (AvgIpc) is 2.65. The van der Waals surface area contributed by atoms with E-state index in [1.165, 1.54) is 19.3 Å². The van der Waals surface area contributed by atoms with Crippen LogP contribution in [0.3, 0.4) is 0 Å². The van der Waals surface area contributed by atoms with Gasteiger partial charge < -0.3 is 0 Å². The van der Waals surface area contributed by atoms with Gasteiger partial charge in [-0.15, -0.1) is 0 Å². The minimum atomic E-state index is 1.17. The Kier molecular flexibility index (Phi) is 2.61. The first-order valence-corrected chi connectivity index (χ1v) is 5.54. The average molecular weight is 234 g/mol. The zero-order valence-electron chi connectivity index (χ0n) is 7.01. The fraction of sp³-hybridized carbons (Fsp3) is 0.273. The molecule has 0 saturated heterocycles. The molecule has 2 rings (SSSR count). The molecule has 0 amide bonds. The maximum absolute atomic E-state index is 2.29. The Bertz CT molecular complexity index is 303. The van der Waals surface area contributed by atoms with Gasteiger partial charge in [0.1, 0.15) is 0 Å². The van der Waals surface area contributed by atoms with Gasteiger partial charge in [0.25, 0.3) is 0 Å². The summed E-state index contributed by atoms with van der Waals surface area (Å²) >= 11 is 1.59. The van der Waals surface area contributed by atoms with Crippen molar-refractivity contribution in [3.05, 3.63) is 44.8 Å². The van der Waals surface area contributed by atoms with Gasteiger partial charge in [-0.1, -0.05) is 0 Å². The van der Waals surface area contributed by atoms with Gasteiger partial charge >= 0.3 is 88.8 Å². The summed E-state index contributed by atoms with van der Waals surface area (Å²) in [5, 5.41) is 0. The fourth-order valence-corrected chi connectivity index (χ4v) is 2.30. The molecule has 0 aromatic rings. The molecule has 0 atom stereocenters. The first-order chi connectivity index (χ1) is 5.86. The molecule has 0 radical (unpaired) electrons. The van der Waals surface area contributed by atoms with Crippen LogP contribution in [0.4, 0.5) is 0 Å². The molecule has 59 valence electrons. The topological polar surface area (TPSA) is 0 Å². The van der Waals surface area contributed by atoms with Crippen LogP contribution in [0.2, 0.25) is 0 Å². The molecule has 0 saturated carbocycles. The third-order valence-corrected chi connectivity index (χ3v) is 3.59. The van der Waals surface area contributed by atoms with Crippen molar-refractivity contribution in [1.82, 2.24) is 0 Å². The molecule has 0 heterocycles. The molecular formula is C11H11Zr. The van der Waals surface area contributed by atoms with Crippen molar-refractivity contribution in [3.8, 4) is 0 Å². The van der Waals surface area contributed by atoms with Crippen LogP contribution in [0.25, 0.3) is 0 Å². The van der Waals surface area contributed by atoms with Gasteiger partial charge in [-0.25, -0.2) is 0 Å². The summed E-state index contributed by atoms with van der Waals surface area (Å²) in [4.78, 5) is 0. The molecule has 0 unspecified atom stereocenters. The molecular weight excluding hydrogens is 223 g/mol. The Labute approximate surface area is 88.6 Å². The molecule has 0 fully saturated rings. The third kappa shape index (κ3) is 1.77. The van der Waals surface area contributed by atoms with Crippen molar-refractivity contribution in [2.45, 2.75) is 19.3 Å². The first kappa shape index (κ1) is 8.44. The van der Waals surface area contributed by atoms with E-state index < -0.39 is 0 Å². The number of allylic oxidation sites excluding steroid dienone is 8. The number of hydrogen-bond acceptors (Lipinski definition) is 0. The Hall–Kier alpha value is -0.157. The van der Waals surface area contributed by atoms with Crippen molar-refractivity contribution < 1.29 is 24.7 Å². The van der Waals surface area contributed by atoms with Crippen LogP contribution in [0, 0.1) is 0 Å². The fourth-order valence-electron chi connectivity index (χ4n) is 1.58. The summed E-state index contributed by atoms with van der Waals surface area (Å²) in [6.45, 7) is 0. The molecule has 0 aromatic heterocycles. The summed E-state index contributed by atoms with van der Waals surface area (Å²) in [5.74, 6) is 0. The van der Waals surface area contributed by atoms with Crippen LogP contribution in [-0.2, 0) is 24.7 Å². The number of hydrogen-bond donors (Lipinski definition) is 0. The Morgan fingerprint density at radius 1 is 1.25 bits per heavy atom. The maximum atomic E-state index is 2.29. The van der Waals surface area contributed by atoms with E-state index in [9.17, 15) is 0 Å². The van der Waals surface area contributed by atoms with E-state index in [0.29, 0.717) is 0 Å². The predicted octanol–water partition coefficient (Wildman–Crippen LogP) is 3.02. The SMILES string of the molecule is [Zr][C]1=C(CC2=CC=CC2)C=CC1. The summed E-state index contributed by atoms with van der Waals surface area (Å²) in [6, 6.07) is 0. The summed E-state index contributed by atoms with van der Waals surface area (Å²) < 4.78 is 1.63. The van der Waals surface area contributed by atoms with Gasteiger partial charge in [0, 0.05) is 0 Å². The zero-order chi connectivity index (χ0) is 8.39.